The highest BCUT2D eigenvalue weighted by molar-refractivity contribution is 7.98. The molecule has 1 N–H and O–H groups in total. The number of hydrogen-bond acceptors (Lipinski definition) is 4. The Bertz CT molecular complexity index is 961. The van der Waals surface area contributed by atoms with Crippen molar-refractivity contribution in [3.05, 3.63) is 70.6 Å². The number of fused-ring (bicyclic) bond motifs is 1. The average molecular weight is 396 g/mol. The fraction of sp³-hybridized carbons (Fsp3) is 0.238. The van der Waals surface area contributed by atoms with E-state index in [1.54, 1.807) is 28.0 Å². The number of benzene rings is 2. The van der Waals surface area contributed by atoms with Gasteiger partial charge in [0, 0.05) is 36.3 Å². The summed E-state index contributed by atoms with van der Waals surface area (Å²) in [6, 6.07) is 18.0. The molecule has 2 aromatic carbocycles. The summed E-state index contributed by atoms with van der Waals surface area (Å²) in [4.78, 5) is 14.0. The number of thiophene rings is 1. The largest absolute Gasteiger partial charge is 0.337 e. The van der Waals surface area contributed by atoms with Gasteiger partial charge in [-0.25, -0.2) is 4.79 Å². The lowest BCUT2D eigenvalue weighted by atomic mass is 10.1. The topological polar surface area (TPSA) is 56.1 Å². The zero-order chi connectivity index (χ0) is 19.1. The smallest absolute Gasteiger partial charge is 0.317 e. The van der Waals surface area contributed by atoms with Crippen molar-refractivity contribution < 1.29 is 4.79 Å². The van der Waals surface area contributed by atoms with Crippen molar-refractivity contribution in [2.45, 2.75) is 12.3 Å². The number of carbonyl (C=O) groups excluding carboxylic acids is 1. The first-order valence-corrected chi connectivity index (χ1v) is 10.7. The van der Waals surface area contributed by atoms with E-state index in [1.165, 1.54) is 15.6 Å². The molecule has 2 amide bonds. The third kappa shape index (κ3) is 5.03. The van der Waals surface area contributed by atoms with Gasteiger partial charge in [-0.3, -0.25) is 0 Å². The van der Waals surface area contributed by atoms with Crippen LogP contribution in [0, 0.1) is 11.3 Å². The van der Waals surface area contributed by atoms with Crippen molar-refractivity contribution in [3.8, 4) is 6.07 Å². The molecule has 0 radical (unpaired) electrons. The van der Waals surface area contributed by atoms with Gasteiger partial charge in [0.15, 0.2) is 0 Å². The highest BCUT2D eigenvalue weighted by atomic mass is 32.2. The summed E-state index contributed by atoms with van der Waals surface area (Å²) in [5.74, 6) is 1.58. The number of nitrogens with zero attached hydrogens (tertiary/aromatic N) is 2. The van der Waals surface area contributed by atoms with Gasteiger partial charge in [-0.15, -0.1) is 11.3 Å². The Kier molecular flexibility index (Phi) is 6.74. The average Bonchev–Trinajstić information content (AvgIpc) is 3.10. The number of carbonyl (C=O) groups is 1. The molecule has 0 aliphatic rings. The zero-order valence-corrected chi connectivity index (χ0v) is 16.8. The van der Waals surface area contributed by atoms with Gasteiger partial charge in [-0.2, -0.15) is 17.0 Å². The van der Waals surface area contributed by atoms with E-state index in [2.05, 4.69) is 28.9 Å². The minimum absolute atomic E-state index is 0.0664. The molecule has 4 nitrogen and oxygen atoms in total. The van der Waals surface area contributed by atoms with E-state index in [4.69, 9.17) is 5.26 Å². The van der Waals surface area contributed by atoms with Crippen LogP contribution in [0.1, 0.15) is 16.7 Å². The Morgan fingerprint density at radius 2 is 1.96 bits per heavy atom. The molecule has 0 aliphatic carbocycles. The van der Waals surface area contributed by atoms with Gasteiger partial charge in [-0.05, 0) is 34.0 Å². The highest BCUT2D eigenvalue weighted by Gasteiger charge is 2.11. The second-order valence-corrected chi connectivity index (χ2v) is 8.18. The van der Waals surface area contributed by atoms with E-state index in [-0.39, 0.29) is 6.03 Å². The molecule has 0 bridgehead atoms. The van der Waals surface area contributed by atoms with E-state index < -0.39 is 0 Å². The van der Waals surface area contributed by atoms with Crippen LogP contribution in [0.3, 0.4) is 0 Å². The molecule has 3 aromatic rings. The fourth-order valence-electron chi connectivity index (χ4n) is 2.79. The number of hydrogen-bond donors (Lipinski definition) is 1. The molecule has 1 aromatic heterocycles. The quantitative estimate of drug-likeness (QED) is 0.582. The van der Waals surface area contributed by atoms with Gasteiger partial charge in [0.05, 0.1) is 11.6 Å². The lowest BCUT2D eigenvalue weighted by Crippen LogP contribution is -2.37. The van der Waals surface area contributed by atoms with E-state index in [1.807, 2.05) is 43.4 Å². The molecule has 3 rings (SSSR count). The Morgan fingerprint density at radius 3 is 2.81 bits per heavy atom. The van der Waals surface area contributed by atoms with E-state index >= 15 is 0 Å². The molecule has 6 heteroatoms. The Morgan fingerprint density at radius 1 is 1.19 bits per heavy atom. The van der Waals surface area contributed by atoms with Crippen LogP contribution in [0.25, 0.3) is 10.1 Å². The fourth-order valence-corrected chi connectivity index (χ4v) is 4.60. The first-order chi connectivity index (χ1) is 13.2. The highest BCUT2D eigenvalue weighted by Crippen LogP contribution is 2.26. The normalized spacial score (nSPS) is 10.5. The van der Waals surface area contributed by atoms with Crippen molar-refractivity contribution in [1.29, 1.82) is 5.26 Å². The summed E-state index contributed by atoms with van der Waals surface area (Å²) < 4.78 is 1.25. The maximum Gasteiger partial charge on any atom is 0.317 e. The summed E-state index contributed by atoms with van der Waals surface area (Å²) in [7, 11) is 1.82. The standard InChI is InChI=1S/C21H21N3OS2/c1-24(13-18-15-27-20-9-5-4-8-19(18)20)21(25)23-10-11-26-14-17-7-3-2-6-16(17)12-22/h2-9,15H,10-11,13-14H2,1H3,(H,23,25). The predicted octanol–water partition coefficient (Wildman–Crippen LogP) is 4.85. The van der Waals surface area contributed by atoms with Crippen molar-refractivity contribution in [2.75, 3.05) is 19.3 Å². The Labute approximate surface area is 167 Å². The van der Waals surface area contributed by atoms with Crippen molar-refractivity contribution in [3.63, 3.8) is 0 Å². The Balaban J connectivity index is 1.42. The number of amides is 2. The van der Waals surface area contributed by atoms with Gasteiger partial charge >= 0.3 is 6.03 Å². The molecule has 0 saturated heterocycles. The SMILES string of the molecule is CN(Cc1csc2ccccc12)C(=O)NCCSCc1ccccc1C#N. The minimum atomic E-state index is -0.0664. The van der Waals surface area contributed by atoms with Crippen LogP contribution in [0.2, 0.25) is 0 Å². The molecule has 1 heterocycles. The minimum Gasteiger partial charge on any atom is -0.337 e. The van der Waals surface area contributed by atoms with Gasteiger partial charge in [0.1, 0.15) is 0 Å². The van der Waals surface area contributed by atoms with Crippen molar-refractivity contribution in [2.24, 2.45) is 0 Å². The first kappa shape index (κ1) is 19.3. The van der Waals surface area contributed by atoms with Gasteiger partial charge in [0.25, 0.3) is 0 Å². The molecular weight excluding hydrogens is 374 g/mol. The van der Waals surface area contributed by atoms with Gasteiger partial charge in [-0.1, -0.05) is 36.4 Å². The Hall–Kier alpha value is -2.49. The van der Waals surface area contributed by atoms with Crippen LogP contribution < -0.4 is 5.32 Å². The number of urea groups is 1. The maximum absolute atomic E-state index is 12.3. The van der Waals surface area contributed by atoms with E-state index in [9.17, 15) is 4.79 Å². The second kappa shape index (κ2) is 9.45. The second-order valence-electron chi connectivity index (χ2n) is 6.17. The van der Waals surface area contributed by atoms with Gasteiger partial charge in [0.2, 0.25) is 0 Å². The maximum atomic E-state index is 12.3. The summed E-state index contributed by atoms with van der Waals surface area (Å²) in [5.41, 5.74) is 2.94. The van der Waals surface area contributed by atoms with Crippen LogP contribution in [-0.2, 0) is 12.3 Å². The predicted molar refractivity (Wildman–Crippen MR) is 114 cm³/mol. The number of nitriles is 1. The third-order valence-electron chi connectivity index (χ3n) is 4.23. The van der Waals surface area contributed by atoms with Crippen LogP contribution in [0.4, 0.5) is 4.79 Å². The molecule has 27 heavy (non-hydrogen) atoms. The lowest BCUT2D eigenvalue weighted by Gasteiger charge is -2.17. The summed E-state index contributed by atoms with van der Waals surface area (Å²) >= 11 is 3.42. The zero-order valence-electron chi connectivity index (χ0n) is 15.1. The van der Waals surface area contributed by atoms with E-state index in [0.717, 1.165) is 22.6 Å². The molecule has 0 aliphatic heterocycles. The van der Waals surface area contributed by atoms with Crippen LogP contribution in [0.15, 0.2) is 53.9 Å². The van der Waals surface area contributed by atoms with Crippen LogP contribution in [0.5, 0.6) is 0 Å². The molecule has 0 atom stereocenters. The molecule has 0 fully saturated rings. The molecule has 0 unspecified atom stereocenters. The molecule has 0 saturated carbocycles. The lowest BCUT2D eigenvalue weighted by molar-refractivity contribution is 0.208. The molecular formula is C21H21N3OS2. The van der Waals surface area contributed by atoms with Crippen molar-refractivity contribution >= 4 is 39.2 Å². The van der Waals surface area contributed by atoms with Crippen LogP contribution >= 0.6 is 23.1 Å². The molecule has 0 spiro atoms. The van der Waals surface area contributed by atoms with Crippen molar-refractivity contribution in [1.82, 2.24) is 10.2 Å². The monoisotopic (exact) mass is 395 g/mol. The summed E-state index contributed by atoms with van der Waals surface area (Å²) in [5, 5.41) is 15.4. The van der Waals surface area contributed by atoms with Gasteiger partial charge < -0.3 is 10.2 Å². The third-order valence-corrected chi connectivity index (χ3v) is 6.25. The van der Waals surface area contributed by atoms with Crippen LogP contribution in [-0.4, -0.2) is 30.3 Å². The summed E-state index contributed by atoms with van der Waals surface area (Å²) in [6.45, 7) is 1.20. The number of nitrogens with one attached hydrogen (secondary N) is 1. The van der Waals surface area contributed by atoms with E-state index in [0.29, 0.717) is 13.1 Å². The number of rotatable bonds is 7. The summed E-state index contributed by atoms with van der Waals surface area (Å²) in [6.07, 6.45) is 0. The first-order valence-electron chi connectivity index (χ1n) is 8.69. The molecule has 138 valence electrons. The number of thioether (sulfide) groups is 1.